The molecule has 0 bridgehead atoms. The fourth-order valence-electron chi connectivity index (χ4n) is 3.17. The molecule has 6 nitrogen and oxygen atoms in total. The van der Waals surface area contributed by atoms with Gasteiger partial charge in [-0.3, -0.25) is 0 Å². The van der Waals surface area contributed by atoms with Gasteiger partial charge in [-0.05, 0) is 36.8 Å². The SMILES string of the molecule is C#CCN(Cc1ccco1)C(=O)NC1CCN(c2cc(Cl)ccc2OC)C1. The van der Waals surface area contributed by atoms with Crippen molar-refractivity contribution in [3.05, 3.63) is 47.4 Å². The monoisotopic (exact) mass is 387 g/mol. The highest BCUT2D eigenvalue weighted by Crippen LogP contribution is 2.33. The maximum atomic E-state index is 12.6. The molecular formula is C20H22ClN3O3. The largest absolute Gasteiger partial charge is 0.495 e. The predicted molar refractivity (Wildman–Crippen MR) is 105 cm³/mol. The van der Waals surface area contributed by atoms with E-state index in [0.29, 0.717) is 23.9 Å². The number of methoxy groups -OCH3 is 1. The van der Waals surface area contributed by atoms with Gasteiger partial charge in [-0.15, -0.1) is 6.42 Å². The highest BCUT2D eigenvalue weighted by atomic mass is 35.5. The van der Waals surface area contributed by atoms with Crippen LogP contribution in [0.3, 0.4) is 0 Å². The lowest BCUT2D eigenvalue weighted by Gasteiger charge is -2.24. The molecule has 0 spiro atoms. The summed E-state index contributed by atoms with van der Waals surface area (Å²) in [6.45, 7) is 2.02. The molecule has 0 aliphatic carbocycles. The van der Waals surface area contributed by atoms with Crippen LogP contribution in [0.2, 0.25) is 5.02 Å². The van der Waals surface area contributed by atoms with Crippen LogP contribution < -0.4 is 15.0 Å². The Morgan fingerprint density at radius 2 is 2.37 bits per heavy atom. The van der Waals surface area contributed by atoms with Crippen LogP contribution >= 0.6 is 11.6 Å². The molecular weight excluding hydrogens is 366 g/mol. The molecule has 1 N–H and O–H groups in total. The fourth-order valence-corrected chi connectivity index (χ4v) is 3.34. The predicted octanol–water partition coefficient (Wildman–Crippen LogP) is 3.37. The Labute approximate surface area is 164 Å². The van der Waals surface area contributed by atoms with Crippen molar-refractivity contribution in [2.24, 2.45) is 0 Å². The zero-order chi connectivity index (χ0) is 19.2. The number of benzene rings is 1. The molecule has 1 atom stereocenters. The molecule has 1 unspecified atom stereocenters. The molecule has 142 valence electrons. The third kappa shape index (κ3) is 4.69. The average Bonchev–Trinajstić information content (AvgIpc) is 3.33. The minimum atomic E-state index is -0.200. The Morgan fingerprint density at radius 3 is 3.07 bits per heavy atom. The Bertz CT molecular complexity index is 816. The van der Waals surface area contributed by atoms with E-state index in [9.17, 15) is 4.79 Å². The number of amides is 2. The summed E-state index contributed by atoms with van der Waals surface area (Å²) in [6.07, 6.45) is 7.81. The second-order valence-corrected chi connectivity index (χ2v) is 6.77. The third-order valence-electron chi connectivity index (χ3n) is 4.49. The number of furan rings is 1. The maximum absolute atomic E-state index is 12.6. The molecule has 1 aliphatic heterocycles. The quantitative estimate of drug-likeness (QED) is 0.772. The van der Waals surface area contributed by atoms with E-state index in [4.69, 9.17) is 27.2 Å². The number of carbonyl (C=O) groups excluding carboxylic acids is 1. The molecule has 0 radical (unpaired) electrons. The first kappa shape index (κ1) is 19.0. The van der Waals surface area contributed by atoms with Crippen LogP contribution in [-0.2, 0) is 6.54 Å². The van der Waals surface area contributed by atoms with E-state index in [1.54, 1.807) is 30.4 Å². The van der Waals surface area contributed by atoms with Gasteiger partial charge in [0.15, 0.2) is 0 Å². The molecule has 1 aromatic carbocycles. The summed E-state index contributed by atoms with van der Waals surface area (Å²) < 4.78 is 10.7. The van der Waals surface area contributed by atoms with Crippen molar-refractivity contribution in [3.63, 3.8) is 0 Å². The van der Waals surface area contributed by atoms with Crippen LogP contribution in [0.15, 0.2) is 41.0 Å². The number of nitrogens with zero attached hydrogens (tertiary/aromatic N) is 2. The Balaban J connectivity index is 1.62. The van der Waals surface area contributed by atoms with Crippen LogP contribution in [0.1, 0.15) is 12.2 Å². The molecule has 27 heavy (non-hydrogen) atoms. The molecule has 0 saturated carbocycles. The molecule has 2 heterocycles. The third-order valence-corrected chi connectivity index (χ3v) is 4.73. The maximum Gasteiger partial charge on any atom is 0.318 e. The van der Waals surface area contributed by atoms with Crippen molar-refractivity contribution < 1.29 is 13.9 Å². The molecule has 1 fully saturated rings. The van der Waals surface area contributed by atoms with Gasteiger partial charge in [0.05, 0.1) is 32.1 Å². The van der Waals surface area contributed by atoms with Crippen LogP contribution in [-0.4, -0.2) is 43.7 Å². The summed E-state index contributed by atoms with van der Waals surface area (Å²) in [7, 11) is 1.63. The topological polar surface area (TPSA) is 58.0 Å². The molecule has 1 aromatic heterocycles. The zero-order valence-electron chi connectivity index (χ0n) is 15.2. The number of terminal acetylenes is 1. The lowest BCUT2D eigenvalue weighted by molar-refractivity contribution is 0.194. The molecule has 1 saturated heterocycles. The Hall–Kier alpha value is -2.78. The normalized spacial score (nSPS) is 16.0. The van der Waals surface area contributed by atoms with Crippen LogP contribution in [0, 0.1) is 12.3 Å². The Morgan fingerprint density at radius 1 is 1.52 bits per heavy atom. The Kier molecular flexibility index (Phi) is 6.15. The minimum absolute atomic E-state index is 0.0121. The summed E-state index contributed by atoms with van der Waals surface area (Å²) in [5.41, 5.74) is 0.929. The smallest absolute Gasteiger partial charge is 0.318 e. The van der Waals surface area contributed by atoms with Crippen molar-refractivity contribution in [1.82, 2.24) is 10.2 Å². The number of urea groups is 1. The summed E-state index contributed by atoms with van der Waals surface area (Å²) in [5.74, 6) is 3.98. The lowest BCUT2D eigenvalue weighted by atomic mass is 10.2. The number of halogens is 1. The van der Waals surface area contributed by atoms with E-state index < -0.39 is 0 Å². The van der Waals surface area contributed by atoms with Crippen molar-refractivity contribution in [1.29, 1.82) is 0 Å². The lowest BCUT2D eigenvalue weighted by Crippen LogP contribution is -2.45. The van der Waals surface area contributed by atoms with E-state index in [1.165, 1.54) is 0 Å². The van der Waals surface area contributed by atoms with Crippen molar-refractivity contribution >= 4 is 23.3 Å². The minimum Gasteiger partial charge on any atom is -0.495 e. The van der Waals surface area contributed by atoms with Crippen molar-refractivity contribution in [2.45, 2.75) is 19.0 Å². The summed E-state index contributed by atoms with van der Waals surface area (Å²) in [5, 5.41) is 3.71. The van der Waals surface area contributed by atoms with Crippen LogP contribution in [0.4, 0.5) is 10.5 Å². The second kappa shape index (κ2) is 8.74. The van der Waals surface area contributed by atoms with Crippen molar-refractivity contribution in [2.75, 3.05) is 31.6 Å². The van der Waals surface area contributed by atoms with E-state index in [-0.39, 0.29) is 18.6 Å². The average molecular weight is 388 g/mol. The van der Waals surface area contributed by atoms with E-state index >= 15 is 0 Å². The highest BCUT2D eigenvalue weighted by molar-refractivity contribution is 6.30. The fraction of sp³-hybridized carbons (Fsp3) is 0.350. The van der Waals surface area contributed by atoms with Gasteiger partial charge in [0.25, 0.3) is 0 Å². The number of anilines is 1. The van der Waals surface area contributed by atoms with Gasteiger partial charge in [0, 0.05) is 24.2 Å². The molecule has 2 aromatic rings. The first-order chi connectivity index (χ1) is 13.1. The standard InChI is InChI=1S/C20H22ClN3O3/c1-3-9-24(14-17-5-4-11-27-17)20(25)22-16-8-10-23(13-16)18-12-15(21)6-7-19(18)26-2/h1,4-7,11-12,16H,8-10,13-14H2,2H3,(H,22,25). The molecule has 7 heteroatoms. The van der Waals surface area contributed by atoms with E-state index in [1.807, 2.05) is 18.2 Å². The van der Waals surface area contributed by atoms with Gasteiger partial charge in [-0.2, -0.15) is 0 Å². The number of hydrogen-bond donors (Lipinski definition) is 1. The van der Waals surface area contributed by atoms with Gasteiger partial charge in [0.2, 0.25) is 0 Å². The molecule has 1 aliphatic rings. The number of carbonyl (C=O) groups is 1. The van der Waals surface area contributed by atoms with Crippen molar-refractivity contribution in [3.8, 4) is 18.1 Å². The number of hydrogen-bond acceptors (Lipinski definition) is 4. The van der Waals surface area contributed by atoms with Crippen LogP contribution in [0.5, 0.6) is 5.75 Å². The van der Waals surface area contributed by atoms with Crippen LogP contribution in [0.25, 0.3) is 0 Å². The number of nitrogens with one attached hydrogen (secondary N) is 1. The summed E-state index contributed by atoms with van der Waals surface area (Å²) >= 11 is 6.13. The number of rotatable bonds is 6. The van der Waals surface area contributed by atoms with E-state index in [0.717, 1.165) is 24.4 Å². The zero-order valence-corrected chi connectivity index (χ0v) is 15.9. The highest BCUT2D eigenvalue weighted by Gasteiger charge is 2.27. The van der Waals surface area contributed by atoms with Gasteiger partial charge in [-0.1, -0.05) is 17.5 Å². The van der Waals surface area contributed by atoms with Gasteiger partial charge >= 0.3 is 6.03 Å². The number of ether oxygens (including phenoxy) is 1. The first-order valence-electron chi connectivity index (χ1n) is 8.70. The molecule has 2 amide bonds. The van der Waals surface area contributed by atoms with Gasteiger partial charge < -0.3 is 24.3 Å². The summed E-state index contributed by atoms with van der Waals surface area (Å²) in [4.78, 5) is 16.4. The van der Waals surface area contributed by atoms with Gasteiger partial charge in [-0.25, -0.2) is 4.79 Å². The summed E-state index contributed by atoms with van der Waals surface area (Å²) in [6, 6.07) is 8.94. The molecule has 3 rings (SSSR count). The first-order valence-corrected chi connectivity index (χ1v) is 9.08. The van der Waals surface area contributed by atoms with E-state index in [2.05, 4.69) is 16.1 Å². The second-order valence-electron chi connectivity index (χ2n) is 6.34. The van der Waals surface area contributed by atoms with Gasteiger partial charge in [0.1, 0.15) is 11.5 Å².